The Morgan fingerprint density at radius 1 is 1.33 bits per heavy atom. The van der Waals surface area contributed by atoms with Gasteiger partial charge in [0.1, 0.15) is 4.70 Å². The number of aromatic nitrogens is 2. The van der Waals surface area contributed by atoms with E-state index in [1.165, 1.54) is 11.3 Å². The Labute approximate surface area is 196 Å². The molecule has 2 N–H and O–H groups in total. The van der Waals surface area contributed by atoms with Gasteiger partial charge in [-0.1, -0.05) is 13.0 Å². The molecule has 3 aromatic rings. The first-order chi connectivity index (χ1) is 15.9. The minimum absolute atomic E-state index is 0.0685. The highest BCUT2D eigenvalue weighted by molar-refractivity contribution is 7.17. The zero-order valence-electron chi connectivity index (χ0n) is 19.4. The number of anilines is 1. The summed E-state index contributed by atoms with van der Waals surface area (Å²) in [5, 5.41) is 5.02. The molecule has 1 amide bonds. The lowest BCUT2D eigenvalue weighted by atomic mass is 9.97. The third-order valence-electron chi connectivity index (χ3n) is 6.20. The van der Waals surface area contributed by atoms with E-state index in [0.717, 1.165) is 36.9 Å². The average Bonchev–Trinajstić information content (AvgIpc) is 3.28. The predicted octanol–water partition coefficient (Wildman–Crippen LogP) is 3.80. The number of rotatable bonds is 7. The second-order valence-corrected chi connectivity index (χ2v) is 9.27. The highest BCUT2D eigenvalue weighted by Crippen LogP contribution is 2.37. The molecule has 0 aliphatic carbocycles. The highest BCUT2D eigenvalue weighted by atomic mass is 32.1. The maximum absolute atomic E-state index is 12.9. The molecule has 1 aliphatic heterocycles. The molecule has 0 radical (unpaired) electrons. The van der Waals surface area contributed by atoms with Gasteiger partial charge in [-0.05, 0) is 43.9 Å². The van der Waals surface area contributed by atoms with Crippen molar-refractivity contribution in [2.45, 2.75) is 39.2 Å². The number of carbonyl (C=O) groups excluding carboxylic acids is 1. The van der Waals surface area contributed by atoms with Crippen LogP contribution in [0, 0.1) is 5.92 Å². The molecule has 176 valence electrons. The van der Waals surface area contributed by atoms with Crippen LogP contribution in [0.2, 0.25) is 0 Å². The number of benzene rings is 1. The van der Waals surface area contributed by atoms with Crippen LogP contribution < -0.4 is 25.2 Å². The SMILES string of the molecule is CC[C@@H](C)NC(=O)[C@@H]1CCCN(c2nc3c(-c4ccc(OC)c(OC)c4)csc3c(=O)[nH]2)C1. The Hall–Kier alpha value is -3.07. The molecule has 1 fully saturated rings. The maximum atomic E-state index is 12.9. The van der Waals surface area contributed by atoms with E-state index in [1.54, 1.807) is 14.2 Å². The molecule has 0 unspecified atom stereocenters. The monoisotopic (exact) mass is 470 g/mol. The lowest BCUT2D eigenvalue weighted by Crippen LogP contribution is -2.46. The summed E-state index contributed by atoms with van der Waals surface area (Å²) < 4.78 is 11.4. The van der Waals surface area contributed by atoms with Crippen molar-refractivity contribution in [3.05, 3.63) is 33.9 Å². The normalized spacial score (nSPS) is 17.1. The average molecular weight is 471 g/mol. The van der Waals surface area contributed by atoms with Gasteiger partial charge in [0.05, 0.1) is 25.7 Å². The number of hydrogen-bond donors (Lipinski definition) is 2. The van der Waals surface area contributed by atoms with Crippen LogP contribution in [0.5, 0.6) is 11.5 Å². The van der Waals surface area contributed by atoms with Crippen LogP contribution >= 0.6 is 11.3 Å². The van der Waals surface area contributed by atoms with E-state index in [2.05, 4.69) is 17.2 Å². The Kier molecular flexibility index (Phi) is 6.88. The number of nitrogens with zero attached hydrogens (tertiary/aromatic N) is 2. The van der Waals surface area contributed by atoms with Gasteiger partial charge in [0.15, 0.2) is 11.5 Å². The first-order valence-corrected chi connectivity index (χ1v) is 12.1. The standard InChI is InChI=1S/C24H30N4O4S/c1-5-14(2)25-22(29)16-7-6-10-28(12-16)24-26-20-17(13-33-21(20)23(30)27-24)15-8-9-18(31-3)19(11-15)32-4/h8-9,11,13-14,16H,5-7,10,12H2,1-4H3,(H,25,29)(H,26,27,30)/t14-,16-/m1/s1. The zero-order valence-corrected chi connectivity index (χ0v) is 20.3. The molecule has 2 atom stereocenters. The lowest BCUT2D eigenvalue weighted by molar-refractivity contribution is -0.125. The van der Waals surface area contributed by atoms with Crippen molar-refractivity contribution in [2.24, 2.45) is 5.92 Å². The van der Waals surface area contributed by atoms with Crippen LogP contribution in [0.15, 0.2) is 28.4 Å². The van der Waals surface area contributed by atoms with Crippen molar-refractivity contribution in [3.8, 4) is 22.6 Å². The van der Waals surface area contributed by atoms with E-state index in [-0.39, 0.29) is 23.4 Å². The lowest BCUT2D eigenvalue weighted by Gasteiger charge is -2.32. The Balaban J connectivity index is 1.66. The molecular formula is C24H30N4O4S. The van der Waals surface area contributed by atoms with Crippen LogP contribution in [0.25, 0.3) is 21.3 Å². The summed E-state index contributed by atoms with van der Waals surface area (Å²) >= 11 is 1.37. The fourth-order valence-corrected chi connectivity index (χ4v) is 5.03. The number of hydrogen-bond acceptors (Lipinski definition) is 7. The van der Waals surface area contributed by atoms with Crippen LogP contribution in [-0.4, -0.2) is 49.2 Å². The van der Waals surface area contributed by atoms with Gasteiger partial charge >= 0.3 is 0 Å². The minimum Gasteiger partial charge on any atom is -0.493 e. The number of nitrogens with one attached hydrogen (secondary N) is 2. The van der Waals surface area contributed by atoms with E-state index < -0.39 is 0 Å². The topological polar surface area (TPSA) is 96.6 Å². The number of H-pyrrole nitrogens is 1. The first kappa shape index (κ1) is 23.1. The van der Waals surface area contributed by atoms with Crippen molar-refractivity contribution < 1.29 is 14.3 Å². The molecule has 0 saturated carbocycles. The molecule has 4 rings (SSSR count). The molecule has 33 heavy (non-hydrogen) atoms. The fraction of sp³-hybridized carbons (Fsp3) is 0.458. The number of thiophene rings is 1. The predicted molar refractivity (Wildman–Crippen MR) is 132 cm³/mol. The van der Waals surface area contributed by atoms with Gasteiger partial charge in [0.2, 0.25) is 11.9 Å². The van der Waals surface area contributed by atoms with Gasteiger partial charge in [0.25, 0.3) is 5.56 Å². The number of methoxy groups -OCH3 is 2. The van der Waals surface area contributed by atoms with E-state index in [0.29, 0.717) is 34.2 Å². The molecule has 1 aromatic carbocycles. The number of ether oxygens (including phenoxy) is 2. The van der Waals surface area contributed by atoms with Crippen molar-refractivity contribution >= 4 is 33.4 Å². The van der Waals surface area contributed by atoms with Crippen molar-refractivity contribution in [1.82, 2.24) is 15.3 Å². The highest BCUT2D eigenvalue weighted by Gasteiger charge is 2.28. The fourth-order valence-electron chi connectivity index (χ4n) is 4.12. The van der Waals surface area contributed by atoms with Crippen LogP contribution in [0.1, 0.15) is 33.1 Å². The summed E-state index contributed by atoms with van der Waals surface area (Å²) in [5.41, 5.74) is 2.24. The molecule has 3 heterocycles. The number of carbonyl (C=O) groups is 1. The molecule has 1 saturated heterocycles. The summed E-state index contributed by atoms with van der Waals surface area (Å²) in [5.74, 6) is 1.71. The van der Waals surface area contributed by atoms with Crippen LogP contribution in [-0.2, 0) is 4.79 Å². The Bertz CT molecular complexity index is 1200. The molecule has 1 aliphatic rings. The largest absolute Gasteiger partial charge is 0.493 e. The van der Waals surface area contributed by atoms with Gasteiger partial charge in [-0.2, -0.15) is 0 Å². The van der Waals surface area contributed by atoms with Gasteiger partial charge in [-0.3, -0.25) is 14.6 Å². The Morgan fingerprint density at radius 2 is 2.12 bits per heavy atom. The van der Waals surface area contributed by atoms with Gasteiger partial charge < -0.3 is 19.7 Å². The van der Waals surface area contributed by atoms with Crippen molar-refractivity contribution in [1.29, 1.82) is 0 Å². The quantitative estimate of drug-likeness (QED) is 0.545. The molecule has 0 bridgehead atoms. The summed E-state index contributed by atoms with van der Waals surface area (Å²) in [6.07, 6.45) is 2.60. The molecular weight excluding hydrogens is 440 g/mol. The van der Waals surface area contributed by atoms with Gasteiger partial charge in [-0.15, -0.1) is 11.3 Å². The number of piperidine rings is 1. The molecule has 2 aromatic heterocycles. The second kappa shape index (κ2) is 9.82. The number of aromatic amines is 1. The summed E-state index contributed by atoms with van der Waals surface area (Å²) in [6, 6.07) is 5.81. The molecule has 8 nitrogen and oxygen atoms in total. The van der Waals surface area contributed by atoms with Gasteiger partial charge in [0, 0.05) is 30.1 Å². The molecule has 9 heteroatoms. The Morgan fingerprint density at radius 3 is 2.85 bits per heavy atom. The molecule has 0 spiro atoms. The third-order valence-corrected chi connectivity index (χ3v) is 7.17. The third kappa shape index (κ3) is 4.68. The first-order valence-electron chi connectivity index (χ1n) is 11.2. The van der Waals surface area contributed by atoms with E-state index in [9.17, 15) is 9.59 Å². The van der Waals surface area contributed by atoms with E-state index >= 15 is 0 Å². The van der Waals surface area contributed by atoms with Crippen LogP contribution in [0.3, 0.4) is 0 Å². The zero-order chi connectivity index (χ0) is 23.5. The second-order valence-electron chi connectivity index (χ2n) is 8.39. The van der Waals surface area contributed by atoms with Crippen molar-refractivity contribution in [2.75, 3.05) is 32.2 Å². The summed E-state index contributed by atoms with van der Waals surface area (Å²) in [4.78, 5) is 35.3. The maximum Gasteiger partial charge on any atom is 0.270 e. The minimum atomic E-state index is -0.169. The van der Waals surface area contributed by atoms with Crippen molar-refractivity contribution in [3.63, 3.8) is 0 Å². The van der Waals surface area contributed by atoms with Crippen LogP contribution in [0.4, 0.5) is 5.95 Å². The smallest absolute Gasteiger partial charge is 0.270 e. The van der Waals surface area contributed by atoms with E-state index in [1.807, 2.05) is 35.4 Å². The number of fused-ring (bicyclic) bond motifs is 1. The summed E-state index contributed by atoms with van der Waals surface area (Å²) in [6.45, 7) is 5.35. The van der Waals surface area contributed by atoms with E-state index in [4.69, 9.17) is 14.5 Å². The number of amides is 1. The van der Waals surface area contributed by atoms with Gasteiger partial charge in [-0.25, -0.2) is 4.98 Å². The summed E-state index contributed by atoms with van der Waals surface area (Å²) in [7, 11) is 3.19.